The monoisotopic (exact) mass is 194 g/mol. The van der Waals surface area contributed by atoms with Gasteiger partial charge in [0.15, 0.2) is 0 Å². The van der Waals surface area contributed by atoms with E-state index in [1.54, 1.807) is 11.3 Å². The van der Waals surface area contributed by atoms with E-state index in [0.717, 1.165) is 12.2 Å². The minimum atomic E-state index is 0.496. The first kappa shape index (κ1) is 8.40. The molecule has 0 fully saturated rings. The molecule has 0 bridgehead atoms. The Morgan fingerprint density at radius 1 is 1.54 bits per heavy atom. The van der Waals surface area contributed by atoms with Gasteiger partial charge >= 0.3 is 0 Å². The zero-order valence-corrected chi connectivity index (χ0v) is 7.87. The molecule has 0 aromatic carbocycles. The van der Waals surface area contributed by atoms with Crippen LogP contribution >= 0.6 is 11.3 Å². The van der Waals surface area contributed by atoms with Crippen LogP contribution in [0.15, 0.2) is 24.0 Å². The molecule has 0 atom stereocenters. The summed E-state index contributed by atoms with van der Waals surface area (Å²) in [7, 11) is 0. The van der Waals surface area contributed by atoms with Crippen LogP contribution in [0.3, 0.4) is 0 Å². The maximum atomic E-state index is 5.45. The van der Waals surface area contributed by atoms with E-state index in [1.807, 2.05) is 28.7 Å². The standard InChI is InChI=1S/C8H10N4S/c9-3-7-1-2-12(11-7)5-8-4-10-6-13-8/h1-2,4,6H,3,5,9H2. The second kappa shape index (κ2) is 3.68. The van der Waals surface area contributed by atoms with E-state index in [0.29, 0.717) is 6.54 Å². The molecule has 0 saturated heterocycles. The fourth-order valence-corrected chi connectivity index (χ4v) is 1.67. The summed E-state index contributed by atoms with van der Waals surface area (Å²) < 4.78 is 1.87. The fourth-order valence-electron chi connectivity index (χ4n) is 1.08. The van der Waals surface area contributed by atoms with Crippen LogP contribution in [-0.4, -0.2) is 14.8 Å². The van der Waals surface area contributed by atoms with Gasteiger partial charge in [0.1, 0.15) is 0 Å². The molecule has 2 rings (SSSR count). The van der Waals surface area contributed by atoms with Crippen LogP contribution in [0.1, 0.15) is 10.6 Å². The molecular formula is C8H10N4S. The Kier molecular flexibility index (Phi) is 2.37. The second-order valence-corrected chi connectivity index (χ2v) is 3.65. The van der Waals surface area contributed by atoms with Crippen molar-refractivity contribution in [1.82, 2.24) is 14.8 Å². The average Bonchev–Trinajstić information content (AvgIpc) is 2.76. The molecule has 0 aliphatic heterocycles. The zero-order valence-electron chi connectivity index (χ0n) is 7.05. The van der Waals surface area contributed by atoms with Gasteiger partial charge < -0.3 is 5.73 Å². The molecule has 2 heterocycles. The highest BCUT2D eigenvalue weighted by Crippen LogP contribution is 2.07. The molecule has 0 saturated carbocycles. The number of hydrogen-bond acceptors (Lipinski definition) is 4. The van der Waals surface area contributed by atoms with Gasteiger partial charge in [-0.2, -0.15) is 5.10 Å². The van der Waals surface area contributed by atoms with Crippen LogP contribution in [0.4, 0.5) is 0 Å². The molecule has 4 nitrogen and oxygen atoms in total. The third-order valence-electron chi connectivity index (χ3n) is 1.71. The van der Waals surface area contributed by atoms with Gasteiger partial charge in [-0.15, -0.1) is 11.3 Å². The fraction of sp³-hybridized carbons (Fsp3) is 0.250. The largest absolute Gasteiger partial charge is 0.325 e. The molecule has 0 unspecified atom stereocenters. The maximum Gasteiger partial charge on any atom is 0.0794 e. The first-order chi connectivity index (χ1) is 6.38. The van der Waals surface area contributed by atoms with Gasteiger partial charge in [-0.1, -0.05) is 0 Å². The molecule has 0 radical (unpaired) electrons. The summed E-state index contributed by atoms with van der Waals surface area (Å²) in [4.78, 5) is 5.20. The molecule has 68 valence electrons. The van der Waals surface area contributed by atoms with E-state index >= 15 is 0 Å². The van der Waals surface area contributed by atoms with E-state index in [9.17, 15) is 0 Å². The molecule has 0 amide bonds. The third-order valence-corrected chi connectivity index (χ3v) is 2.47. The van der Waals surface area contributed by atoms with Crippen molar-refractivity contribution in [3.63, 3.8) is 0 Å². The second-order valence-electron chi connectivity index (χ2n) is 2.68. The van der Waals surface area contributed by atoms with Crippen molar-refractivity contribution in [3.8, 4) is 0 Å². The number of aromatic nitrogens is 3. The summed E-state index contributed by atoms with van der Waals surface area (Å²) in [6.07, 6.45) is 3.79. The van der Waals surface area contributed by atoms with Crippen molar-refractivity contribution in [3.05, 3.63) is 34.5 Å². The number of nitrogens with zero attached hydrogens (tertiary/aromatic N) is 3. The lowest BCUT2D eigenvalue weighted by Crippen LogP contribution is -2.02. The first-order valence-corrected chi connectivity index (χ1v) is 4.86. The van der Waals surface area contributed by atoms with E-state index in [1.165, 1.54) is 4.88 Å². The number of rotatable bonds is 3. The average molecular weight is 194 g/mol. The molecule has 0 aliphatic rings. The third kappa shape index (κ3) is 1.93. The molecule has 5 heteroatoms. The molecule has 2 aromatic rings. The SMILES string of the molecule is NCc1ccn(Cc2cncs2)n1. The summed E-state index contributed by atoms with van der Waals surface area (Å²) in [5, 5.41) is 4.27. The van der Waals surface area contributed by atoms with Crippen LogP contribution in [0.2, 0.25) is 0 Å². The van der Waals surface area contributed by atoms with Crippen LogP contribution in [-0.2, 0) is 13.1 Å². The van der Waals surface area contributed by atoms with Gasteiger partial charge in [0.2, 0.25) is 0 Å². The molecule has 0 aliphatic carbocycles. The lowest BCUT2D eigenvalue weighted by molar-refractivity contribution is 0.678. The Bertz CT molecular complexity index is 365. The van der Waals surface area contributed by atoms with Crippen molar-refractivity contribution in [2.75, 3.05) is 0 Å². The van der Waals surface area contributed by atoms with Crippen molar-refractivity contribution in [1.29, 1.82) is 0 Å². The maximum absolute atomic E-state index is 5.45. The highest BCUT2D eigenvalue weighted by Gasteiger charge is 1.98. The number of thiazole rings is 1. The van der Waals surface area contributed by atoms with Crippen LogP contribution in [0, 0.1) is 0 Å². The summed E-state index contributed by atoms with van der Waals surface area (Å²) in [6.45, 7) is 1.28. The first-order valence-electron chi connectivity index (χ1n) is 3.98. The molecule has 13 heavy (non-hydrogen) atoms. The Balaban J connectivity index is 2.10. The predicted octanol–water partition coefficient (Wildman–Crippen LogP) is 0.847. The Morgan fingerprint density at radius 3 is 3.08 bits per heavy atom. The molecule has 2 N–H and O–H groups in total. The summed E-state index contributed by atoms with van der Waals surface area (Å²) in [5.74, 6) is 0. The smallest absolute Gasteiger partial charge is 0.0794 e. The summed E-state index contributed by atoms with van der Waals surface area (Å²) >= 11 is 1.63. The lowest BCUT2D eigenvalue weighted by Gasteiger charge is -1.96. The topological polar surface area (TPSA) is 56.7 Å². The normalized spacial score (nSPS) is 10.5. The van der Waals surface area contributed by atoms with Crippen LogP contribution in [0.5, 0.6) is 0 Å². The van der Waals surface area contributed by atoms with E-state index in [-0.39, 0.29) is 0 Å². The highest BCUT2D eigenvalue weighted by atomic mass is 32.1. The predicted molar refractivity (Wildman–Crippen MR) is 51.3 cm³/mol. The lowest BCUT2D eigenvalue weighted by atomic mass is 10.4. The van der Waals surface area contributed by atoms with E-state index in [2.05, 4.69) is 10.1 Å². The van der Waals surface area contributed by atoms with Gasteiger partial charge in [0, 0.05) is 23.8 Å². The summed E-state index contributed by atoms with van der Waals surface area (Å²) in [5.41, 5.74) is 8.19. The van der Waals surface area contributed by atoms with Crippen molar-refractivity contribution >= 4 is 11.3 Å². The Morgan fingerprint density at radius 2 is 2.46 bits per heavy atom. The van der Waals surface area contributed by atoms with Crippen molar-refractivity contribution in [2.24, 2.45) is 5.73 Å². The Labute approximate surface area is 80.0 Å². The van der Waals surface area contributed by atoms with Crippen molar-refractivity contribution < 1.29 is 0 Å². The molecule has 2 aromatic heterocycles. The molecular weight excluding hydrogens is 184 g/mol. The number of hydrogen-bond donors (Lipinski definition) is 1. The minimum Gasteiger partial charge on any atom is -0.325 e. The van der Waals surface area contributed by atoms with Crippen LogP contribution in [0.25, 0.3) is 0 Å². The molecule has 0 spiro atoms. The van der Waals surface area contributed by atoms with Gasteiger partial charge in [0.05, 0.1) is 17.7 Å². The Hall–Kier alpha value is -1.20. The summed E-state index contributed by atoms with van der Waals surface area (Å²) in [6, 6.07) is 1.93. The zero-order chi connectivity index (χ0) is 9.10. The number of nitrogens with two attached hydrogens (primary N) is 1. The van der Waals surface area contributed by atoms with Crippen LogP contribution < -0.4 is 5.73 Å². The van der Waals surface area contributed by atoms with E-state index in [4.69, 9.17) is 5.73 Å². The van der Waals surface area contributed by atoms with E-state index < -0.39 is 0 Å². The minimum absolute atomic E-state index is 0.496. The van der Waals surface area contributed by atoms with Gasteiger partial charge in [0.25, 0.3) is 0 Å². The highest BCUT2D eigenvalue weighted by molar-refractivity contribution is 7.09. The van der Waals surface area contributed by atoms with Crippen molar-refractivity contribution in [2.45, 2.75) is 13.1 Å². The van der Waals surface area contributed by atoms with Gasteiger partial charge in [-0.05, 0) is 6.07 Å². The van der Waals surface area contributed by atoms with Gasteiger partial charge in [-0.25, -0.2) is 0 Å². The quantitative estimate of drug-likeness (QED) is 0.788. The van der Waals surface area contributed by atoms with Gasteiger partial charge in [-0.3, -0.25) is 9.67 Å².